The first-order chi connectivity index (χ1) is 21.7. The van der Waals surface area contributed by atoms with Gasteiger partial charge in [-0.3, -0.25) is 4.98 Å². The molecule has 4 aliphatic rings. The zero-order valence-electron chi connectivity index (χ0n) is 26.8. The SMILES string of the molecule is CCn1c2c3c4cc(ccc41)C1CCCN(C[C](=[Al])C(=O)N4CCC[C@H](N4)C(=O)OCC(C)(C)C3[C@H](OC)c3ncccc3-2)C1. The van der Waals surface area contributed by atoms with Crippen LogP contribution in [0.3, 0.4) is 0 Å². The molecule has 1 amide bonds. The van der Waals surface area contributed by atoms with Crippen molar-refractivity contribution in [3.8, 4) is 11.3 Å². The number of nitrogens with one attached hydrogen (secondary N) is 1. The van der Waals surface area contributed by atoms with Crippen molar-refractivity contribution < 1.29 is 19.1 Å². The number of benzene rings is 1. The summed E-state index contributed by atoms with van der Waals surface area (Å²) in [7, 11) is 1.76. The van der Waals surface area contributed by atoms with Crippen LogP contribution >= 0.6 is 0 Å². The molecule has 1 aromatic carbocycles. The first kappa shape index (κ1) is 30.8. The number of rotatable bonds is 2. The van der Waals surface area contributed by atoms with E-state index in [9.17, 15) is 9.59 Å². The van der Waals surface area contributed by atoms with Crippen LogP contribution in [0.4, 0.5) is 0 Å². The summed E-state index contributed by atoms with van der Waals surface area (Å²) in [5.74, 6) is -0.146. The molecular formula is C35H43AlN5O4. The zero-order chi connectivity index (χ0) is 31.5. The maximum atomic E-state index is 13.6. The van der Waals surface area contributed by atoms with Crippen LogP contribution in [0, 0.1) is 5.41 Å². The Morgan fingerprint density at radius 3 is 2.78 bits per heavy atom. The van der Waals surface area contributed by atoms with Crippen LogP contribution in [0.15, 0.2) is 36.5 Å². The number of ether oxygens (including phenoxy) is 2. The number of hydrazine groups is 1. The van der Waals surface area contributed by atoms with Crippen molar-refractivity contribution in [2.75, 3.05) is 39.9 Å². The average Bonchev–Trinajstić information content (AvgIpc) is 3.39. The van der Waals surface area contributed by atoms with Crippen molar-refractivity contribution in [3.63, 3.8) is 0 Å². The maximum absolute atomic E-state index is 13.6. The van der Waals surface area contributed by atoms with Crippen LogP contribution in [0.5, 0.6) is 0 Å². The average molecular weight is 625 g/mol. The summed E-state index contributed by atoms with van der Waals surface area (Å²) in [4.78, 5) is 34.3. The molecule has 2 aromatic heterocycles. The standard InChI is InChI=1S/C35H43N5O4.Al/c1-5-39-27-13-12-22-19-25(27)29-30(33(43-4)31-24(32(29)39)10-6-15-36-31)35(2,3)21-44-34(42)26-11-8-17-40(37-26)28(41)14-18-38-16-7-9-23(22)20-38;/h6,10,12-13,15,19,23,26,30,33,37H,5,7-9,11,16-18,20-21H2,1-4H3;/t23?,26-,30?,33-;/m0./s1. The van der Waals surface area contributed by atoms with Gasteiger partial charge in [0.15, 0.2) is 0 Å². The minimum absolute atomic E-state index is 0.0723. The van der Waals surface area contributed by atoms with E-state index in [2.05, 4.69) is 75.8 Å². The van der Waals surface area contributed by atoms with Gasteiger partial charge >= 0.3 is 250 Å². The number of aromatic nitrogens is 2. The fourth-order valence-electron chi connectivity index (χ4n) is 8.29. The van der Waals surface area contributed by atoms with Gasteiger partial charge in [0, 0.05) is 13.3 Å². The quantitative estimate of drug-likeness (QED) is 0.339. The molecule has 9 nitrogen and oxygen atoms in total. The van der Waals surface area contributed by atoms with Gasteiger partial charge in [-0.1, -0.05) is 0 Å². The molecule has 235 valence electrons. The Hall–Kier alpha value is -2.87. The molecule has 7 rings (SSSR count). The number of amides is 1. The van der Waals surface area contributed by atoms with Crippen LogP contribution in [-0.2, 0) is 25.6 Å². The van der Waals surface area contributed by atoms with Crippen LogP contribution < -0.4 is 5.43 Å². The second-order valence-corrected chi connectivity index (χ2v) is 14.5. The monoisotopic (exact) mass is 624 g/mol. The molecule has 2 fully saturated rings. The predicted octanol–water partition coefficient (Wildman–Crippen LogP) is 4.11. The van der Waals surface area contributed by atoms with Gasteiger partial charge in [-0.25, -0.2) is 0 Å². The van der Waals surface area contributed by atoms with Gasteiger partial charge < -0.3 is 0 Å². The summed E-state index contributed by atoms with van der Waals surface area (Å²) >= 11 is 2.68. The van der Waals surface area contributed by atoms with Gasteiger partial charge in [0.2, 0.25) is 0 Å². The molecule has 2 saturated heterocycles. The van der Waals surface area contributed by atoms with E-state index < -0.39 is 11.5 Å². The molecule has 5 heterocycles. The Balaban J connectivity index is 1.41. The van der Waals surface area contributed by atoms with Gasteiger partial charge in [-0.15, -0.1) is 0 Å². The molecular weight excluding hydrogens is 581 g/mol. The van der Waals surface area contributed by atoms with Crippen LogP contribution in [0.1, 0.15) is 81.2 Å². The molecule has 10 heteroatoms. The van der Waals surface area contributed by atoms with E-state index in [0.29, 0.717) is 29.8 Å². The topological polar surface area (TPSA) is 88.9 Å². The van der Waals surface area contributed by atoms with Crippen LogP contribution in [-0.4, -0.2) is 97.5 Å². The summed E-state index contributed by atoms with van der Waals surface area (Å²) in [5, 5.41) is 2.85. The molecule has 1 radical (unpaired) electrons. The van der Waals surface area contributed by atoms with E-state index in [1.165, 1.54) is 27.7 Å². The first-order valence-electron chi connectivity index (χ1n) is 16.4. The molecule has 6 bridgehead atoms. The van der Waals surface area contributed by atoms with E-state index in [4.69, 9.17) is 14.5 Å². The summed E-state index contributed by atoms with van der Waals surface area (Å²) in [6.07, 6.45) is 5.10. The Bertz CT molecular complexity index is 1670. The fraction of sp³-hybridized carbons (Fsp3) is 0.543. The first-order valence-corrected chi connectivity index (χ1v) is 17.0. The third-order valence-corrected chi connectivity index (χ3v) is 10.9. The number of hydrogen-bond acceptors (Lipinski definition) is 7. The third-order valence-electron chi connectivity index (χ3n) is 10.5. The van der Waals surface area contributed by atoms with E-state index in [1.807, 2.05) is 12.3 Å². The number of pyridine rings is 1. The van der Waals surface area contributed by atoms with Gasteiger partial charge in [-0.2, -0.15) is 0 Å². The van der Waals surface area contributed by atoms with E-state index >= 15 is 0 Å². The van der Waals surface area contributed by atoms with Crippen LogP contribution in [0.25, 0.3) is 22.2 Å². The Morgan fingerprint density at radius 2 is 1.98 bits per heavy atom. The van der Waals surface area contributed by atoms with E-state index in [-0.39, 0.29) is 30.5 Å². The van der Waals surface area contributed by atoms with Gasteiger partial charge in [0.05, 0.1) is 0 Å². The molecule has 0 saturated carbocycles. The molecule has 3 aromatic rings. The Labute approximate surface area is 273 Å². The molecule has 5 atom stereocenters. The summed E-state index contributed by atoms with van der Waals surface area (Å²) in [6, 6.07) is 10.6. The number of carbonyl (C=O) groups excluding carboxylic acids is 2. The summed E-state index contributed by atoms with van der Waals surface area (Å²) < 4.78 is 15.6. The second kappa shape index (κ2) is 12.1. The zero-order valence-corrected chi connectivity index (χ0v) is 28.0. The van der Waals surface area contributed by atoms with Crippen LogP contribution in [0.2, 0.25) is 0 Å². The van der Waals surface area contributed by atoms with Gasteiger partial charge in [-0.05, 0) is 6.07 Å². The van der Waals surface area contributed by atoms with E-state index in [1.54, 1.807) is 12.1 Å². The molecule has 45 heavy (non-hydrogen) atoms. The number of esters is 1. The molecule has 0 spiro atoms. The number of methoxy groups -OCH3 is 1. The predicted molar refractivity (Wildman–Crippen MR) is 175 cm³/mol. The number of fused-ring (bicyclic) bond motifs is 8. The third kappa shape index (κ3) is 5.29. The van der Waals surface area contributed by atoms with Crippen molar-refractivity contribution in [3.05, 3.63) is 53.3 Å². The number of piperidine rings is 1. The molecule has 3 unspecified atom stereocenters. The second-order valence-electron chi connectivity index (χ2n) is 13.8. The number of aryl methyl sites for hydroxylation is 1. The van der Waals surface area contributed by atoms with Crippen molar-refractivity contribution >= 4 is 43.0 Å². The van der Waals surface area contributed by atoms with Crippen molar-refractivity contribution in [1.29, 1.82) is 0 Å². The fourth-order valence-corrected chi connectivity index (χ4v) is 8.70. The minimum atomic E-state index is -0.568. The van der Waals surface area contributed by atoms with Crippen molar-refractivity contribution in [2.45, 2.75) is 77.0 Å². The molecule has 1 aliphatic carbocycles. The Kier molecular flexibility index (Phi) is 8.24. The molecule has 1 N–H and O–H groups in total. The number of hydrogen-bond donors (Lipinski definition) is 1. The normalized spacial score (nSPS) is 28.4. The molecule has 3 aliphatic heterocycles. The number of nitrogens with zero attached hydrogens (tertiary/aromatic N) is 4. The van der Waals surface area contributed by atoms with Gasteiger partial charge in [0.25, 0.3) is 0 Å². The van der Waals surface area contributed by atoms with E-state index in [0.717, 1.165) is 50.2 Å². The number of carbonyl (C=O) groups is 2. The summed E-state index contributed by atoms with van der Waals surface area (Å²) in [6.45, 7) is 10.6. The summed E-state index contributed by atoms with van der Waals surface area (Å²) in [5.41, 5.74) is 9.71. The van der Waals surface area contributed by atoms with Crippen molar-refractivity contribution in [2.24, 2.45) is 5.41 Å². The number of cyclic esters (lactones) is 1. The Morgan fingerprint density at radius 1 is 1.16 bits per heavy atom. The van der Waals surface area contributed by atoms with Gasteiger partial charge in [0.1, 0.15) is 0 Å². The van der Waals surface area contributed by atoms with Crippen molar-refractivity contribution in [1.82, 2.24) is 24.9 Å².